The number of ether oxygens (including phenoxy) is 1. The van der Waals surface area contributed by atoms with Crippen LogP contribution in [-0.4, -0.2) is 45.4 Å². The van der Waals surface area contributed by atoms with Gasteiger partial charge in [0.05, 0.1) is 24.3 Å². The second-order valence-electron chi connectivity index (χ2n) is 6.98. The second kappa shape index (κ2) is 12.8. The molecule has 2 N–H and O–H groups in total. The lowest BCUT2D eigenvalue weighted by atomic mass is 10.2. The first-order valence-corrected chi connectivity index (χ1v) is 14.1. The summed E-state index contributed by atoms with van der Waals surface area (Å²) in [7, 11) is 0. The fourth-order valence-electron chi connectivity index (χ4n) is 2.85. The molecule has 0 atom stereocenters. The Bertz CT molecular complexity index is 1230. The Balaban J connectivity index is 1.17. The standard InChI is InChI=1S/C22H18I2N6O3S2/c23-15-7-3-1-5-13(15)19(31)25-21-29-27-17(34-21)9-11-33-12-10-18-28-30-22(35-18)26-20(32)14-6-2-4-8-16(14)24/h1-8H,9-12H2,(H,25,29,31)(H,26,30,32). The molecule has 2 heterocycles. The maximum atomic E-state index is 12.4. The maximum Gasteiger partial charge on any atom is 0.258 e. The van der Waals surface area contributed by atoms with E-state index in [4.69, 9.17) is 4.74 Å². The molecule has 0 fully saturated rings. The topological polar surface area (TPSA) is 119 Å². The van der Waals surface area contributed by atoms with Gasteiger partial charge >= 0.3 is 0 Å². The van der Waals surface area contributed by atoms with Crippen molar-refractivity contribution in [3.8, 4) is 0 Å². The van der Waals surface area contributed by atoms with Crippen molar-refractivity contribution >= 4 is 89.9 Å². The highest BCUT2D eigenvalue weighted by Crippen LogP contribution is 2.20. The molecule has 0 spiro atoms. The molecule has 0 aliphatic heterocycles. The van der Waals surface area contributed by atoms with E-state index in [0.29, 0.717) is 47.4 Å². The van der Waals surface area contributed by atoms with Crippen molar-refractivity contribution in [2.45, 2.75) is 12.8 Å². The Morgan fingerprint density at radius 1 is 0.714 bits per heavy atom. The van der Waals surface area contributed by atoms with Gasteiger partial charge in [0.2, 0.25) is 10.3 Å². The largest absolute Gasteiger partial charge is 0.381 e. The van der Waals surface area contributed by atoms with Crippen LogP contribution in [0.3, 0.4) is 0 Å². The SMILES string of the molecule is O=C(Nc1nnc(CCOCCc2nnc(NC(=O)c3ccccc3I)s2)s1)c1ccccc1I. The minimum absolute atomic E-state index is 0.208. The molecule has 2 aromatic carbocycles. The number of amides is 2. The molecular formula is C22H18I2N6O3S2. The molecule has 180 valence electrons. The molecule has 0 aliphatic carbocycles. The number of anilines is 2. The van der Waals surface area contributed by atoms with Crippen LogP contribution >= 0.6 is 67.9 Å². The quantitative estimate of drug-likeness (QED) is 0.176. The van der Waals surface area contributed by atoms with Crippen LogP contribution < -0.4 is 10.6 Å². The fourth-order valence-corrected chi connectivity index (χ4v) is 5.55. The van der Waals surface area contributed by atoms with E-state index in [1.54, 1.807) is 12.1 Å². The van der Waals surface area contributed by atoms with Gasteiger partial charge < -0.3 is 4.74 Å². The Morgan fingerprint density at radius 2 is 1.14 bits per heavy atom. The number of rotatable bonds is 10. The van der Waals surface area contributed by atoms with Gasteiger partial charge in [-0.2, -0.15) is 0 Å². The molecular weight excluding hydrogens is 714 g/mol. The smallest absolute Gasteiger partial charge is 0.258 e. The average molecular weight is 732 g/mol. The zero-order valence-electron chi connectivity index (χ0n) is 18.0. The molecule has 0 saturated heterocycles. The van der Waals surface area contributed by atoms with E-state index in [1.807, 2.05) is 36.4 Å². The molecule has 0 unspecified atom stereocenters. The first-order chi connectivity index (χ1) is 17.0. The Hall–Kier alpha value is -2.08. The molecule has 0 saturated carbocycles. The first-order valence-electron chi connectivity index (χ1n) is 10.3. The molecule has 0 bridgehead atoms. The highest BCUT2D eigenvalue weighted by molar-refractivity contribution is 14.1. The predicted molar refractivity (Wildman–Crippen MR) is 152 cm³/mol. The van der Waals surface area contributed by atoms with Gasteiger partial charge in [0.1, 0.15) is 10.0 Å². The lowest BCUT2D eigenvalue weighted by Gasteiger charge is -2.03. The summed E-state index contributed by atoms with van der Waals surface area (Å²) in [5.74, 6) is -0.417. The number of aromatic nitrogens is 4. The summed E-state index contributed by atoms with van der Waals surface area (Å²) < 4.78 is 7.44. The van der Waals surface area contributed by atoms with Crippen LogP contribution in [-0.2, 0) is 17.6 Å². The molecule has 13 heteroatoms. The highest BCUT2D eigenvalue weighted by atomic mass is 127. The van der Waals surface area contributed by atoms with Crippen molar-refractivity contribution < 1.29 is 14.3 Å². The number of benzene rings is 2. The Labute approximate surface area is 236 Å². The van der Waals surface area contributed by atoms with Gasteiger partial charge in [-0.25, -0.2) is 0 Å². The number of nitrogens with zero attached hydrogens (tertiary/aromatic N) is 4. The monoisotopic (exact) mass is 732 g/mol. The van der Waals surface area contributed by atoms with Gasteiger partial charge in [0.25, 0.3) is 11.8 Å². The van der Waals surface area contributed by atoms with Crippen LogP contribution in [0.15, 0.2) is 48.5 Å². The molecule has 4 rings (SSSR count). The summed E-state index contributed by atoms with van der Waals surface area (Å²) in [6, 6.07) is 14.7. The summed E-state index contributed by atoms with van der Waals surface area (Å²) in [4.78, 5) is 24.8. The number of carbonyl (C=O) groups excluding carboxylic acids is 2. The highest BCUT2D eigenvalue weighted by Gasteiger charge is 2.14. The molecule has 4 aromatic rings. The molecule has 2 amide bonds. The van der Waals surface area contributed by atoms with Crippen molar-refractivity contribution in [2.75, 3.05) is 23.8 Å². The van der Waals surface area contributed by atoms with Crippen LogP contribution in [0, 0.1) is 7.14 Å². The number of hydrogen-bond donors (Lipinski definition) is 2. The minimum Gasteiger partial charge on any atom is -0.381 e. The summed E-state index contributed by atoms with van der Waals surface area (Å²) in [6.07, 6.45) is 1.17. The van der Waals surface area contributed by atoms with Crippen molar-refractivity contribution in [3.05, 3.63) is 76.8 Å². The maximum absolute atomic E-state index is 12.4. The number of hydrogen-bond acceptors (Lipinski definition) is 9. The van der Waals surface area contributed by atoms with Crippen LogP contribution in [0.5, 0.6) is 0 Å². The van der Waals surface area contributed by atoms with Gasteiger partial charge in [0.15, 0.2) is 0 Å². The summed E-state index contributed by atoms with van der Waals surface area (Å²) in [6.45, 7) is 0.933. The van der Waals surface area contributed by atoms with Crippen molar-refractivity contribution in [3.63, 3.8) is 0 Å². The van der Waals surface area contributed by atoms with Crippen molar-refractivity contribution in [1.29, 1.82) is 0 Å². The first kappa shape index (κ1) is 26.0. The molecule has 35 heavy (non-hydrogen) atoms. The zero-order chi connectivity index (χ0) is 24.6. The lowest BCUT2D eigenvalue weighted by molar-refractivity contribution is 0.101. The van der Waals surface area contributed by atoms with Gasteiger partial charge in [-0.1, -0.05) is 46.9 Å². The minimum atomic E-state index is -0.208. The average Bonchev–Trinajstić information content (AvgIpc) is 3.48. The van der Waals surface area contributed by atoms with E-state index in [0.717, 1.165) is 17.2 Å². The van der Waals surface area contributed by atoms with Gasteiger partial charge in [-0.05, 0) is 69.4 Å². The summed E-state index contributed by atoms with van der Waals surface area (Å²) in [5.41, 5.74) is 1.20. The van der Waals surface area contributed by atoms with E-state index < -0.39 is 0 Å². The fraction of sp³-hybridized carbons (Fsp3) is 0.182. The van der Waals surface area contributed by atoms with Gasteiger partial charge in [-0.15, -0.1) is 20.4 Å². The number of carbonyl (C=O) groups is 2. The lowest BCUT2D eigenvalue weighted by Crippen LogP contribution is -2.13. The zero-order valence-corrected chi connectivity index (χ0v) is 24.0. The normalized spacial score (nSPS) is 10.8. The Kier molecular flexibility index (Phi) is 9.47. The second-order valence-corrected chi connectivity index (χ2v) is 11.4. The van der Waals surface area contributed by atoms with E-state index in [-0.39, 0.29) is 11.8 Å². The molecule has 0 aliphatic rings. The molecule has 9 nitrogen and oxygen atoms in total. The third-order valence-corrected chi connectivity index (χ3v) is 8.21. The van der Waals surface area contributed by atoms with Crippen LogP contribution in [0.25, 0.3) is 0 Å². The van der Waals surface area contributed by atoms with E-state index in [2.05, 4.69) is 76.2 Å². The van der Waals surface area contributed by atoms with Gasteiger partial charge in [0, 0.05) is 20.0 Å². The predicted octanol–water partition coefficient (Wildman–Crippen LogP) is 4.91. The van der Waals surface area contributed by atoms with Gasteiger partial charge in [-0.3, -0.25) is 20.2 Å². The van der Waals surface area contributed by atoms with E-state index in [9.17, 15) is 9.59 Å². The summed E-state index contributed by atoms with van der Waals surface area (Å²) in [5, 5.41) is 24.3. The van der Waals surface area contributed by atoms with E-state index in [1.165, 1.54) is 22.7 Å². The summed E-state index contributed by atoms with van der Waals surface area (Å²) >= 11 is 6.91. The third-order valence-electron chi connectivity index (χ3n) is 4.53. The van der Waals surface area contributed by atoms with Crippen molar-refractivity contribution in [1.82, 2.24) is 20.4 Å². The number of nitrogens with one attached hydrogen (secondary N) is 2. The van der Waals surface area contributed by atoms with Crippen LogP contribution in [0.1, 0.15) is 30.7 Å². The third kappa shape index (κ3) is 7.45. The molecule has 0 radical (unpaired) electrons. The van der Waals surface area contributed by atoms with E-state index >= 15 is 0 Å². The van der Waals surface area contributed by atoms with Crippen LogP contribution in [0.2, 0.25) is 0 Å². The number of halogens is 2. The Morgan fingerprint density at radius 3 is 1.57 bits per heavy atom. The molecule has 2 aromatic heterocycles. The van der Waals surface area contributed by atoms with Crippen molar-refractivity contribution in [2.24, 2.45) is 0 Å². The van der Waals surface area contributed by atoms with Crippen LogP contribution in [0.4, 0.5) is 10.3 Å².